The van der Waals surface area contributed by atoms with Gasteiger partial charge >= 0.3 is 0 Å². The van der Waals surface area contributed by atoms with Crippen LogP contribution in [0.25, 0.3) is 0 Å². The number of aliphatic hydroxyl groups is 1. The van der Waals surface area contributed by atoms with Crippen molar-refractivity contribution in [3.8, 4) is 11.5 Å². The van der Waals surface area contributed by atoms with Gasteiger partial charge < -0.3 is 19.9 Å². The van der Waals surface area contributed by atoms with Crippen molar-refractivity contribution in [2.24, 2.45) is 5.92 Å². The zero-order chi connectivity index (χ0) is 16.7. The molecule has 0 aliphatic heterocycles. The summed E-state index contributed by atoms with van der Waals surface area (Å²) in [6.07, 6.45) is 6.74. The molecule has 1 aromatic rings. The van der Waals surface area contributed by atoms with Gasteiger partial charge in [0.25, 0.3) is 0 Å². The van der Waals surface area contributed by atoms with E-state index in [0.29, 0.717) is 5.92 Å². The Kier molecular flexibility index (Phi) is 7.18. The zero-order valence-electron chi connectivity index (χ0n) is 14.7. The first-order valence-corrected chi connectivity index (χ1v) is 8.79. The van der Waals surface area contributed by atoms with Crippen LogP contribution >= 0.6 is 0 Å². The van der Waals surface area contributed by atoms with E-state index < -0.39 is 0 Å². The Morgan fingerprint density at radius 3 is 2.70 bits per heavy atom. The second-order valence-electron chi connectivity index (χ2n) is 6.54. The fourth-order valence-corrected chi connectivity index (χ4v) is 3.50. The van der Waals surface area contributed by atoms with Crippen LogP contribution in [0.15, 0.2) is 18.2 Å². The molecule has 1 fully saturated rings. The van der Waals surface area contributed by atoms with Gasteiger partial charge in [-0.2, -0.15) is 0 Å². The van der Waals surface area contributed by atoms with Gasteiger partial charge in [0.1, 0.15) is 11.5 Å². The smallest absolute Gasteiger partial charge is 0.123 e. The molecule has 1 aliphatic carbocycles. The first-order valence-electron chi connectivity index (χ1n) is 8.79. The van der Waals surface area contributed by atoms with Crippen molar-refractivity contribution in [1.82, 2.24) is 5.32 Å². The SMILES string of the molecule is COc1ccc(OC)c(C(C)NCCCC2CCCCC2O)c1. The molecule has 4 nitrogen and oxygen atoms in total. The van der Waals surface area contributed by atoms with Crippen molar-refractivity contribution in [2.75, 3.05) is 20.8 Å². The van der Waals surface area contributed by atoms with E-state index in [4.69, 9.17) is 9.47 Å². The minimum absolute atomic E-state index is 0.0837. The predicted octanol–water partition coefficient (Wildman–Crippen LogP) is 3.69. The molecule has 23 heavy (non-hydrogen) atoms. The Labute approximate surface area is 140 Å². The maximum atomic E-state index is 10.0. The van der Waals surface area contributed by atoms with Gasteiger partial charge in [0, 0.05) is 11.6 Å². The number of aliphatic hydroxyl groups excluding tert-OH is 1. The number of ether oxygens (including phenoxy) is 2. The molecule has 1 aromatic carbocycles. The summed E-state index contributed by atoms with van der Waals surface area (Å²) in [7, 11) is 3.38. The Morgan fingerprint density at radius 2 is 2.00 bits per heavy atom. The average Bonchev–Trinajstić information content (AvgIpc) is 2.59. The lowest BCUT2D eigenvalue weighted by atomic mass is 9.83. The Bertz CT molecular complexity index is 478. The van der Waals surface area contributed by atoms with Gasteiger partial charge in [-0.1, -0.05) is 12.8 Å². The molecule has 4 heteroatoms. The summed E-state index contributed by atoms with van der Waals surface area (Å²) in [5.41, 5.74) is 1.12. The zero-order valence-corrected chi connectivity index (χ0v) is 14.7. The quantitative estimate of drug-likeness (QED) is 0.717. The lowest BCUT2D eigenvalue weighted by Crippen LogP contribution is -2.26. The Hall–Kier alpha value is -1.26. The van der Waals surface area contributed by atoms with E-state index in [1.807, 2.05) is 18.2 Å². The van der Waals surface area contributed by atoms with Gasteiger partial charge in [-0.25, -0.2) is 0 Å². The molecule has 0 spiro atoms. The normalized spacial score (nSPS) is 22.6. The highest BCUT2D eigenvalue weighted by atomic mass is 16.5. The maximum Gasteiger partial charge on any atom is 0.123 e. The number of hydrogen-bond acceptors (Lipinski definition) is 4. The van der Waals surface area contributed by atoms with Crippen molar-refractivity contribution in [2.45, 2.75) is 57.6 Å². The van der Waals surface area contributed by atoms with E-state index in [9.17, 15) is 5.11 Å². The third kappa shape index (κ3) is 5.11. The first kappa shape index (κ1) is 18.1. The molecule has 0 amide bonds. The van der Waals surface area contributed by atoms with Crippen LogP contribution in [0.5, 0.6) is 11.5 Å². The molecule has 2 N–H and O–H groups in total. The summed E-state index contributed by atoms with van der Waals surface area (Å²) in [5.74, 6) is 2.22. The van der Waals surface area contributed by atoms with Gasteiger partial charge in [-0.3, -0.25) is 0 Å². The summed E-state index contributed by atoms with van der Waals surface area (Å²) in [5, 5.41) is 13.6. The standard InChI is InChI=1S/C19H31NO3/c1-14(17-13-16(22-2)10-11-19(17)23-3)20-12-6-8-15-7-4-5-9-18(15)21/h10-11,13-15,18,20-21H,4-9,12H2,1-3H3. The third-order valence-corrected chi connectivity index (χ3v) is 4.97. The fourth-order valence-electron chi connectivity index (χ4n) is 3.50. The van der Waals surface area contributed by atoms with Crippen LogP contribution in [0.4, 0.5) is 0 Å². The molecule has 0 radical (unpaired) electrons. The molecule has 3 unspecified atom stereocenters. The summed E-state index contributed by atoms with van der Waals surface area (Å²) in [6, 6.07) is 6.10. The summed E-state index contributed by atoms with van der Waals surface area (Å²) >= 11 is 0. The number of benzene rings is 1. The van der Waals surface area contributed by atoms with Crippen LogP contribution in [0.2, 0.25) is 0 Å². The monoisotopic (exact) mass is 321 g/mol. The van der Waals surface area contributed by atoms with E-state index >= 15 is 0 Å². The van der Waals surface area contributed by atoms with E-state index in [0.717, 1.165) is 42.9 Å². The molecule has 3 atom stereocenters. The van der Waals surface area contributed by atoms with Gasteiger partial charge in [0.2, 0.25) is 0 Å². The maximum absolute atomic E-state index is 10.0. The van der Waals surface area contributed by atoms with Gasteiger partial charge in [0.05, 0.1) is 20.3 Å². The van der Waals surface area contributed by atoms with Crippen molar-refractivity contribution in [3.63, 3.8) is 0 Å². The van der Waals surface area contributed by atoms with Crippen molar-refractivity contribution >= 4 is 0 Å². The molecule has 0 heterocycles. The molecule has 1 saturated carbocycles. The van der Waals surface area contributed by atoms with Crippen LogP contribution < -0.4 is 14.8 Å². The summed E-state index contributed by atoms with van der Waals surface area (Å²) in [6.45, 7) is 3.09. The van der Waals surface area contributed by atoms with Gasteiger partial charge in [-0.15, -0.1) is 0 Å². The minimum Gasteiger partial charge on any atom is -0.497 e. The van der Waals surface area contributed by atoms with E-state index in [2.05, 4.69) is 12.2 Å². The van der Waals surface area contributed by atoms with Crippen LogP contribution in [0, 0.1) is 5.92 Å². The second-order valence-corrected chi connectivity index (χ2v) is 6.54. The molecule has 1 aliphatic rings. The summed E-state index contributed by atoms with van der Waals surface area (Å²) < 4.78 is 10.8. The van der Waals surface area contributed by atoms with Crippen LogP contribution in [-0.4, -0.2) is 32.0 Å². The van der Waals surface area contributed by atoms with E-state index in [1.165, 1.54) is 19.3 Å². The first-order chi connectivity index (χ1) is 11.2. The highest BCUT2D eigenvalue weighted by molar-refractivity contribution is 5.42. The van der Waals surface area contributed by atoms with E-state index in [-0.39, 0.29) is 12.1 Å². The molecule has 0 saturated heterocycles. The predicted molar refractivity (Wildman–Crippen MR) is 93.2 cm³/mol. The molecule has 0 bridgehead atoms. The Balaban J connectivity index is 1.81. The number of methoxy groups -OCH3 is 2. The highest BCUT2D eigenvalue weighted by Crippen LogP contribution is 2.30. The van der Waals surface area contributed by atoms with Gasteiger partial charge in [0.15, 0.2) is 0 Å². The fraction of sp³-hybridized carbons (Fsp3) is 0.684. The second kappa shape index (κ2) is 9.14. The molecule has 2 rings (SSSR count). The number of hydrogen-bond donors (Lipinski definition) is 2. The summed E-state index contributed by atoms with van der Waals surface area (Å²) in [4.78, 5) is 0. The molecule has 130 valence electrons. The van der Waals surface area contributed by atoms with Crippen molar-refractivity contribution in [1.29, 1.82) is 0 Å². The molecular weight excluding hydrogens is 290 g/mol. The lowest BCUT2D eigenvalue weighted by molar-refractivity contribution is 0.0642. The van der Waals surface area contributed by atoms with Crippen molar-refractivity contribution < 1.29 is 14.6 Å². The number of rotatable bonds is 8. The van der Waals surface area contributed by atoms with Crippen LogP contribution in [0.1, 0.15) is 57.1 Å². The highest BCUT2D eigenvalue weighted by Gasteiger charge is 2.22. The topological polar surface area (TPSA) is 50.7 Å². The van der Waals surface area contributed by atoms with Crippen LogP contribution in [-0.2, 0) is 0 Å². The molecule has 0 aromatic heterocycles. The lowest BCUT2D eigenvalue weighted by Gasteiger charge is -2.27. The minimum atomic E-state index is -0.0837. The largest absolute Gasteiger partial charge is 0.497 e. The average molecular weight is 321 g/mol. The third-order valence-electron chi connectivity index (χ3n) is 4.97. The van der Waals surface area contributed by atoms with Crippen molar-refractivity contribution in [3.05, 3.63) is 23.8 Å². The Morgan fingerprint density at radius 1 is 1.22 bits per heavy atom. The van der Waals surface area contributed by atoms with E-state index in [1.54, 1.807) is 14.2 Å². The van der Waals surface area contributed by atoms with Gasteiger partial charge in [-0.05, 0) is 63.3 Å². The van der Waals surface area contributed by atoms with Crippen LogP contribution in [0.3, 0.4) is 0 Å². The number of nitrogens with one attached hydrogen (secondary N) is 1. The molecular formula is C19H31NO3.